The maximum Gasteiger partial charge on any atom is 0.261 e. The lowest BCUT2D eigenvalue weighted by Gasteiger charge is -2.20. The molecule has 1 aliphatic rings. The molecule has 2 aromatic heterocycles. The van der Waals surface area contributed by atoms with Crippen molar-refractivity contribution in [1.82, 2.24) is 10.3 Å². The Bertz CT molecular complexity index is 831. The van der Waals surface area contributed by atoms with Crippen molar-refractivity contribution in [2.45, 2.75) is 33.2 Å². The zero-order valence-electron chi connectivity index (χ0n) is 13.1. The van der Waals surface area contributed by atoms with Gasteiger partial charge in [-0.05, 0) is 37.5 Å². The second-order valence-electron chi connectivity index (χ2n) is 6.04. The van der Waals surface area contributed by atoms with Crippen molar-refractivity contribution in [3.63, 3.8) is 0 Å². The minimum absolute atomic E-state index is 0.0364. The van der Waals surface area contributed by atoms with Crippen molar-refractivity contribution < 1.29 is 14.0 Å². The average Bonchev–Trinajstić information content (AvgIpc) is 2.89. The summed E-state index contributed by atoms with van der Waals surface area (Å²) in [6, 6.07) is 4.97. The van der Waals surface area contributed by atoms with Crippen LogP contribution in [0.5, 0.6) is 0 Å². The van der Waals surface area contributed by atoms with Gasteiger partial charge in [-0.15, -0.1) is 0 Å². The molecule has 0 saturated carbocycles. The quantitative estimate of drug-likeness (QED) is 0.906. The van der Waals surface area contributed by atoms with Gasteiger partial charge in [0, 0.05) is 17.7 Å². The topological polar surface area (TPSA) is 92.2 Å². The van der Waals surface area contributed by atoms with E-state index >= 15 is 0 Å². The lowest BCUT2D eigenvalue weighted by Crippen LogP contribution is -2.32. The highest BCUT2D eigenvalue weighted by Crippen LogP contribution is 2.23. The van der Waals surface area contributed by atoms with E-state index in [2.05, 4.69) is 10.3 Å². The van der Waals surface area contributed by atoms with Gasteiger partial charge in [-0.25, -0.2) is 0 Å². The largest absolute Gasteiger partial charge is 0.465 e. The molecule has 0 fully saturated rings. The first kappa shape index (κ1) is 15.3. The summed E-state index contributed by atoms with van der Waals surface area (Å²) in [7, 11) is 0. The third-order valence-corrected chi connectivity index (χ3v) is 3.97. The Morgan fingerprint density at radius 2 is 2.13 bits per heavy atom. The first-order chi connectivity index (χ1) is 10.9. The highest BCUT2D eigenvalue weighted by atomic mass is 16.3. The van der Waals surface area contributed by atoms with Gasteiger partial charge < -0.3 is 14.7 Å². The van der Waals surface area contributed by atoms with Crippen LogP contribution in [-0.2, 0) is 13.0 Å². The third-order valence-electron chi connectivity index (χ3n) is 3.97. The number of Topliss-reactive ketones (excluding diaryl/α,β-unsaturated/α-hetero) is 1. The standard InChI is InChI=1S/C17H18N2O4/c1-9-5-14-12(15(20)6-9)7-13(17(22)19-14)16(21)18-8-11-4-3-10(2)23-11/h3-4,7,9H,5-6,8H2,1-2H3,(H,18,21)(H,19,22). The molecule has 0 aromatic carbocycles. The zero-order valence-corrected chi connectivity index (χ0v) is 13.1. The molecule has 0 spiro atoms. The number of H-pyrrole nitrogens is 1. The van der Waals surface area contributed by atoms with Gasteiger partial charge in [0.25, 0.3) is 11.5 Å². The van der Waals surface area contributed by atoms with Crippen LogP contribution < -0.4 is 10.9 Å². The predicted molar refractivity (Wildman–Crippen MR) is 83.5 cm³/mol. The van der Waals surface area contributed by atoms with E-state index in [4.69, 9.17) is 4.42 Å². The molecular formula is C17H18N2O4. The van der Waals surface area contributed by atoms with Crippen molar-refractivity contribution in [3.05, 3.63) is 56.9 Å². The van der Waals surface area contributed by atoms with E-state index in [1.807, 2.05) is 13.8 Å². The number of aryl methyl sites for hydroxylation is 1. The molecule has 120 valence electrons. The van der Waals surface area contributed by atoms with Crippen LogP contribution in [0.2, 0.25) is 0 Å². The number of hydrogen-bond acceptors (Lipinski definition) is 4. The fourth-order valence-electron chi connectivity index (χ4n) is 2.84. The SMILES string of the molecule is Cc1ccc(CNC(=O)c2cc3c([nH]c2=O)CC(C)CC3=O)o1. The summed E-state index contributed by atoms with van der Waals surface area (Å²) in [5.74, 6) is 1.00. The van der Waals surface area contributed by atoms with Crippen molar-refractivity contribution in [2.75, 3.05) is 0 Å². The van der Waals surface area contributed by atoms with Gasteiger partial charge in [-0.1, -0.05) is 6.92 Å². The zero-order chi connectivity index (χ0) is 16.6. The summed E-state index contributed by atoms with van der Waals surface area (Å²) < 4.78 is 5.36. The first-order valence-electron chi connectivity index (χ1n) is 7.57. The van der Waals surface area contributed by atoms with Crippen molar-refractivity contribution >= 4 is 11.7 Å². The fraction of sp³-hybridized carbons (Fsp3) is 0.353. The molecule has 23 heavy (non-hydrogen) atoms. The lowest BCUT2D eigenvalue weighted by atomic mass is 9.86. The van der Waals surface area contributed by atoms with Crippen molar-refractivity contribution in [3.8, 4) is 0 Å². The Hall–Kier alpha value is -2.63. The molecule has 1 unspecified atom stereocenters. The molecule has 0 bridgehead atoms. The number of rotatable bonds is 3. The van der Waals surface area contributed by atoms with Crippen LogP contribution in [0, 0.1) is 12.8 Å². The Morgan fingerprint density at radius 3 is 2.83 bits per heavy atom. The monoisotopic (exact) mass is 314 g/mol. The molecule has 2 aromatic rings. The van der Waals surface area contributed by atoms with Crippen LogP contribution in [-0.4, -0.2) is 16.7 Å². The molecule has 1 amide bonds. The maximum absolute atomic E-state index is 12.2. The summed E-state index contributed by atoms with van der Waals surface area (Å²) in [6.07, 6.45) is 1.08. The summed E-state index contributed by atoms with van der Waals surface area (Å²) in [4.78, 5) is 39.1. The molecule has 3 rings (SSSR count). The number of ketones is 1. The van der Waals surface area contributed by atoms with E-state index in [9.17, 15) is 14.4 Å². The number of carbonyl (C=O) groups is 2. The van der Waals surface area contributed by atoms with Gasteiger partial charge in [0.15, 0.2) is 5.78 Å². The first-order valence-corrected chi connectivity index (χ1v) is 7.57. The number of fused-ring (bicyclic) bond motifs is 1. The second-order valence-corrected chi connectivity index (χ2v) is 6.04. The molecule has 0 aliphatic heterocycles. The summed E-state index contributed by atoms with van der Waals surface area (Å²) in [5, 5.41) is 2.64. The minimum atomic E-state index is -0.519. The van der Waals surface area contributed by atoms with E-state index < -0.39 is 11.5 Å². The van der Waals surface area contributed by atoms with Crippen LogP contribution in [0.15, 0.2) is 27.4 Å². The number of aromatic nitrogens is 1. The molecule has 6 heteroatoms. The van der Waals surface area contributed by atoms with Gasteiger partial charge in [-0.3, -0.25) is 14.4 Å². The van der Waals surface area contributed by atoms with Crippen molar-refractivity contribution in [2.24, 2.45) is 5.92 Å². The van der Waals surface area contributed by atoms with Gasteiger partial charge >= 0.3 is 0 Å². The Labute approximate surface area is 132 Å². The molecule has 2 N–H and O–H groups in total. The predicted octanol–water partition coefficient (Wildman–Crippen LogP) is 1.97. The van der Waals surface area contributed by atoms with E-state index in [1.54, 1.807) is 12.1 Å². The maximum atomic E-state index is 12.2. The third kappa shape index (κ3) is 3.11. The van der Waals surface area contributed by atoms with Crippen LogP contribution >= 0.6 is 0 Å². The van der Waals surface area contributed by atoms with Gasteiger partial charge in [0.1, 0.15) is 17.1 Å². The highest BCUT2D eigenvalue weighted by Gasteiger charge is 2.25. The fourth-order valence-corrected chi connectivity index (χ4v) is 2.84. The number of nitrogens with one attached hydrogen (secondary N) is 2. The van der Waals surface area contributed by atoms with E-state index in [-0.39, 0.29) is 23.8 Å². The molecule has 6 nitrogen and oxygen atoms in total. The molecule has 1 atom stereocenters. The second kappa shape index (κ2) is 5.87. The Balaban J connectivity index is 1.82. The van der Waals surface area contributed by atoms with Crippen LogP contribution in [0.25, 0.3) is 0 Å². The van der Waals surface area contributed by atoms with Gasteiger partial charge in [0.05, 0.1) is 6.54 Å². The number of pyridine rings is 1. The molecule has 1 aliphatic carbocycles. The lowest BCUT2D eigenvalue weighted by molar-refractivity contribution is 0.0946. The van der Waals surface area contributed by atoms with E-state index in [1.165, 1.54) is 6.07 Å². The summed E-state index contributed by atoms with van der Waals surface area (Å²) in [6.45, 7) is 3.96. The normalized spacial score (nSPS) is 17.0. The van der Waals surface area contributed by atoms with E-state index in [0.29, 0.717) is 29.9 Å². The van der Waals surface area contributed by atoms with E-state index in [0.717, 1.165) is 5.76 Å². The highest BCUT2D eigenvalue weighted by molar-refractivity contribution is 6.01. The van der Waals surface area contributed by atoms with Crippen molar-refractivity contribution in [1.29, 1.82) is 0 Å². The number of aromatic amines is 1. The molecule has 0 radical (unpaired) electrons. The Kier molecular flexibility index (Phi) is 3.90. The minimum Gasteiger partial charge on any atom is -0.465 e. The van der Waals surface area contributed by atoms with Gasteiger partial charge in [-0.2, -0.15) is 0 Å². The average molecular weight is 314 g/mol. The molecular weight excluding hydrogens is 296 g/mol. The van der Waals surface area contributed by atoms with Crippen LogP contribution in [0.3, 0.4) is 0 Å². The number of amides is 1. The van der Waals surface area contributed by atoms with Crippen LogP contribution in [0.1, 0.15) is 51.3 Å². The van der Waals surface area contributed by atoms with Crippen LogP contribution in [0.4, 0.5) is 0 Å². The van der Waals surface area contributed by atoms with Gasteiger partial charge in [0.2, 0.25) is 0 Å². The molecule has 2 heterocycles. The Morgan fingerprint density at radius 1 is 1.35 bits per heavy atom. The smallest absolute Gasteiger partial charge is 0.261 e. The molecule has 0 saturated heterocycles. The number of hydrogen-bond donors (Lipinski definition) is 2. The summed E-state index contributed by atoms with van der Waals surface area (Å²) >= 11 is 0. The number of carbonyl (C=O) groups excluding carboxylic acids is 2. The summed E-state index contributed by atoms with van der Waals surface area (Å²) in [5.41, 5.74) is 0.548. The number of furan rings is 1.